The molecule has 3 N–H and O–H groups in total. The van der Waals surface area contributed by atoms with Crippen molar-refractivity contribution in [3.8, 4) is 0 Å². The summed E-state index contributed by atoms with van der Waals surface area (Å²) < 4.78 is 0. The number of anilines is 2. The van der Waals surface area contributed by atoms with Crippen LogP contribution in [0.25, 0.3) is 10.9 Å². The molecule has 0 radical (unpaired) electrons. The summed E-state index contributed by atoms with van der Waals surface area (Å²) in [6.07, 6.45) is 1.83. The number of aryl methyl sites for hydroxylation is 2. The van der Waals surface area contributed by atoms with Crippen LogP contribution in [0, 0.1) is 13.8 Å². The standard InChI is InChI=1S/C19H19N3O3/c1-11-9-13(10-12(2)17(11)18(23)24)21-19(25)22(3)16-6-4-5-15-14(16)7-8-20-15/h4-10,20H,1-3H3,(H,21,25)(H,23,24). The highest BCUT2D eigenvalue weighted by atomic mass is 16.4. The zero-order valence-electron chi connectivity index (χ0n) is 14.3. The van der Waals surface area contributed by atoms with Gasteiger partial charge < -0.3 is 15.4 Å². The number of aromatic amines is 1. The Kier molecular flexibility index (Phi) is 4.19. The Morgan fingerprint density at radius 1 is 1.12 bits per heavy atom. The van der Waals surface area contributed by atoms with E-state index < -0.39 is 5.97 Å². The lowest BCUT2D eigenvalue weighted by Crippen LogP contribution is -2.31. The van der Waals surface area contributed by atoms with E-state index in [9.17, 15) is 14.7 Å². The van der Waals surface area contributed by atoms with Crippen LogP contribution in [0.1, 0.15) is 21.5 Å². The largest absolute Gasteiger partial charge is 0.478 e. The van der Waals surface area contributed by atoms with E-state index in [-0.39, 0.29) is 11.6 Å². The molecule has 0 spiro atoms. The van der Waals surface area contributed by atoms with E-state index in [1.807, 2.05) is 30.5 Å². The molecule has 0 unspecified atom stereocenters. The van der Waals surface area contributed by atoms with Gasteiger partial charge in [0.25, 0.3) is 0 Å². The molecule has 25 heavy (non-hydrogen) atoms. The zero-order chi connectivity index (χ0) is 18.1. The lowest BCUT2D eigenvalue weighted by Gasteiger charge is -2.20. The van der Waals surface area contributed by atoms with Crippen molar-refractivity contribution >= 4 is 34.3 Å². The first kappa shape index (κ1) is 16.6. The molecule has 3 aromatic rings. The highest BCUT2D eigenvalue weighted by Gasteiger charge is 2.16. The summed E-state index contributed by atoms with van der Waals surface area (Å²) in [6, 6.07) is 10.7. The van der Waals surface area contributed by atoms with E-state index in [1.165, 1.54) is 4.90 Å². The van der Waals surface area contributed by atoms with Crippen molar-refractivity contribution < 1.29 is 14.7 Å². The quantitative estimate of drug-likeness (QED) is 0.671. The molecule has 0 saturated carbocycles. The fourth-order valence-corrected chi connectivity index (χ4v) is 3.05. The molecule has 0 bridgehead atoms. The molecule has 2 amide bonds. The minimum atomic E-state index is -0.968. The van der Waals surface area contributed by atoms with Gasteiger partial charge >= 0.3 is 12.0 Å². The fourth-order valence-electron chi connectivity index (χ4n) is 3.05. The molecule has 1 aromatic heterocycles. The maximum absolute atomic E-state index is 12.6. The number of hydrogen-bond donors (Lipinski definition) is 3. The number of hydrogen-bond acceptors (Lipinski definition) is 2. The molecule has 1 heterocycles. The summed E-state index contributed by atoms with van der Waals surface area (Å²) in [5, 5.41) is 13.0. The number of carboxylic acids is 1. The summed E-state index contributed by atoms with van der Waals surface area (Å²) in [5.41, 5.74) is 3.79. The number of carboxylic acid groups (broad SMARTS) is 1. The van der Waals surface area contributed by atoms with E-state index in [2.05, 4.69) is 10.3 Å². The predicted molar refractivity (Wildman–Crippen MR) is 98.6 cm³/mol. The number of amides is 2. The summed E-state index contributed by atoms with van der Waals surface area (Å²) in [4.78, 5) is 28.5. The molecule has 0 aliphatic rings. The zero-order valence-corrected chi connectivity index (χ0v) is 14.3. The minimum absolute atomic E-state index is 0.267. The number of carbonyl (C=O) groups excluding carboxylic acids is 1. The molecule has 128 valence electrons. The topological polar surface area (TPSA) is 85.4 Å². The first-order chi connectivity index (χ1) is 11.9. The van der Waals surface area contributed by atoms with Crippen LogP contribution in [0.5, 0.6) is 0 Å². The van der Waals surface area contributed by atoms with Crippen LogP contribution in [-0.2, 0) is 0 Å². The molecular weight excluding hydrogens is 318 g/mol. The summed E-state index contributed by atoms with van der Waals surface area (Å²) in [6.45, 7) is 3.44. The number of H-pyrrole nitrogens is 1. The number of nitrogens with zero attached hydrogens (tertiary/aromatic N) is 1. The molecule has 2 aromatic carbocycles. The summed E-state index contributed by atoms with van der Waals surface area (Å²) >= 11 is 0. The Morgan fingerprint density at radius 2 is 1.80 bits per heavy atom. The smallest absolute Gasteiger partial charge is 0.336 e. The number of aromatic nitrogens is 1. The number of nitrogens with one attached hydrogen (secondary N) is 2. The molecule has 6 nitrogen and oxygen atoms in total. The van der Waals surface area contributed by atoms with Crippen LogP contribution in [0.2, 0.25) is 0 Å². The fraction of sp³-hybridized carbons (Fsp3) is 0.158. The first-order valence-electron chi connectivity index (χ1n) is 7.84. The highest BCUT2D eigenvalue weighted by Crippen LogP contribution is 2.26. The van der Waals surface area contributed by atoms with Crippen LogP contribution >= 0.6 is 0 Å². The van der Waals surface area contributed by atoms with Crippen molar-refractivity contribution in [1.82, 2.24) is 4.98 Å². The van der Waals surface area contributed by atoms with Gasteiger partial charge in [0.15, 0.2) is 0 Å². The molecule has 0 fully saturated rings. The number of benzene rings is 2. The summed E-state index contributed by atoms with van der Waals surface area (Å²) in [7, 11) is 1.70. The van der Waals surface area contributed by atoms with Gasteiger partial charge in [-0.3, -0.25) is 4.90 Å². The Bertz CT molecular complexity index is 952. The molecule has 0 aliphatic carbocycles. The lowest BCUT2D eigenvalue weighted by molar-refractivity contribution is 0.0695. The maximum Gasteiger partial charge on any atom is 0.336 e. The third kappa shape index (κ3) is 3.06. The number of carbonyl (C=O) groups is 2. The highest BCUT2D eigenvalue weighted by molar-refractivity contribution is 6.07. The van der Waals surface area contributed by atoms with Crippen LogP contribution in [-0.4, -0.2) is 29.1 Å². The maximum atomic E-state index is 12.6. The van der Waals surface area contributed by atoms with Gasteiger partial charge in [0, 0.05) is 29.8 Å². The van der Waals surface area contributed by atoms with Crippen LogP contribution in [0.15, 0.2) is 42.6 Å². The molecule has 0 atom stereocenters. The number of aromatic carboxylic acids is 1. The average Bonchev–Trinajstić information content (AvgIpc) is 3.01. The van der Waals surface area contributed by atoms with Crippen molar-refractivity contribution in [2.75, 3.05) is 17.3 Å². The van der Waals surface area contributed by atoms with Gasteiger partial charge in [0.05, 0.1) is 11.3 Å². The van der Waals surface area contributed by atoms with E-state index in [4.69, 9.17) is 0 Å². The average molecular weight is 337 g/mol. The van der Waals surface area contributed by atoms with Gasteiger partial charge in [-0.1, -0.05) is 6.07 Å². The minimum Gasteiger partial charge on any atom is -0.478 e. The molecule has 0 aliphatic heterocycles. The molecular formula is C19H19N3O3. The third-order valence-electron chi connectivity index (χ3n) is 4.24. The van der Waals surface area contributed by atoms with Gasteiger partial charge in [-0.05, 0) is 55.3 Å². The predicted octanol–water partition coefficient (Wildman–Crippen LogP) is 4.15. The van der Waals surface area contributed by atoms with Crippen molar-refractivity contribution in [3.63, 3.8) is 0 Å². The van der Waals surface area contributed by atoms with Gasteiger partial charge in [-0.2, -0.15) is 0 Å². The van der Waals surface area contributed by atoms with E-state index in [0.29, 0.717) is 16.8 Å². The summed E-state index contributed by atoms with van der Waals surface area (Å²) in [5.74, 6) is -0.968. The van der Waals surface area contributed by atoms with Crippen molar-refractivity contribution in [2.24, 2.45) is 0 Å². The van der Waals surface area contributed by atoms with Gasteiger partial charge in [0.1, 0.15) is 0 Å². The van der Waals surface area contributed by atoms with Crippen molar-refractivity contribution in [3.05, 3.63) is 59.3 Å². The Balaban J connectivity index is 1.87. The Hall–Kier alpha value is -3.28. The second-order valence-corrected chi connectivity index (χ2v) is 6.00. The van der Waals surface area contributed by atoms with Gasteiger partial charge in [-0.25, -0.2) is 9.59 Å². The normalized spacial score (nSPS) is 10.7. The SMILES string of the molecule is Cc1cc(NC(=O)N(C)c2cccc3[nH]ccc23)cc(C)c1C(=O)O. The lowest BCUT2D eigenvalue weighted by atomic mass is 10.0. The Labute approximate surface area is 145 Å². The van der Waals surface area contributed by atoms with Crippen LogP contribution in [0.4, 0.5) is 16.2 Å². The first-order valence-corrected chi connectivity index (χ1v) is 7.84. The van der Waals surface area contributed by atoms with Crippen molar-refractivity contribution in [1.29, 1.82) is 0 Å². The molecule has 3 rings (SSSR count). The van der Waals surface area contributed by atoms with Gasteiger partial charge in [-0.15, -0.1) is 0 Å². The van der Waals surface area contributed by atoms with E-state index in [0.717, 1.165) is 16.6 Å². The second-order valence-electron chi connectivity index (χ2n) is 6.00. The molecule has 6 heteroatoms. The number of urea groups is 1. The van der Waals surface area contributed by atoms with Crippen LogP contribution < -0.4 is 10.2 Å². The van der Waals surface area contributed by atoms with Gasteiger partial charge in [0.2, 0.25) is 0 Å². The third-order valence-corrected chi connectivity index (χ3v) is 4.24. The van der Waals surface area contributed by atoms with E-state index in [1.54, 1.807) is 33.0 Å². The Morgan fingerprint density at radius 3 is 2.44 bits per heavy atom. The number of rotatable bonds is 3. The monoisotopic (exact) mass is 337 g/mol. The second kappa shape index (κ2) is 6.32. The van der Waals surface area contributed by atoms with Crippen LogP contribution in [0.3, 0.4) is 0 Å². The number of fused-ring (bicyclic) bond motifs is 1. The van der Waals surface area contributed by atoms with E-state index >= 15 is 0 Å². The van der Waals surface area contributed by atoms with Crippen molar-refractivity contribution in [2.45, 2.75) is 13.8 Å². The molecule has 0 saturated heterocycles.